The van der Waals surface area contributed by atoms with Gasteiger partial charge >= 0.3 is 6.18 Å². The smallest absolute Gasteiger partial charge is 0.386 e. The molecule has 1 amide bonds. The second kappa shape index (κ2) is 7.31. The van der Waals surface area contributed by atoms with Crippen LogP contribution in [0.4, 0.5) is 19.1 Å². The molecule has 2 aromatic rings. The molecule has 0 spiro atoms. The monoisotopic (exact) mass is 411 g/mol. The number of halogens is 3. The summed E-state index contributed by atoms with van der Waals surface area (Å²) in [5.74, 6) is -0.136. The number of carbonyl (C=O) groups excluding carboxylic acids is 1. The minimum atomic E-state index is -4.32. The first-order chi connectivity index (χ1) is 13.3. The van der Waals surface area contributed by atoms with E-state index in [0.29, 0.717) is 11.5 Å². The number of imidazole rings is 1. The number of carbonyl (C=O) groups is 1. The van der Waals surface area contributed by atoms with Crippen LogP contribution in [-0.4, -0.2) is 26.7 Å². The summed E-state index contributed by atoms with van der Waals surface area (Å²) in [5, 5.41) is 13.1. The van der Waals surface area contributed by atoms with Crippen molar-refractivity contribution in [3.05, 3.63) is 23.8 Å². The van der Waals surface area contributed by atoms with Crippen molar-refractivity contribution in [1.29, 1.82) is 0 Å². The largest absolute Gasteiger partial charge is 0.389 e. The number of rotatable bonds is 6. The molecule has 1 aliphatic carbocycles. The molecule has 1 aliphatic rings. The Bertz CT molecular complexity index is 906. The van der Waals surface area contributed by atoms with Crippen LogP contribution in [-0.2, 0) is 10.4 Å². The Labute approximate surface area is 168 Å². The quantitative estimate of drug-likeness (QED) is 0.678. The summed E-state index contributed by atoms with van der Waals surface area (Å²) in [4.78, 5) is 17.0. The number of hydrogen-bond donors (Lipinski definition) is 2. The third-order valence-corrected chi connectivity index (χ3v) is 5.41. The molecule has 1 heterocycles. The molecule has 0 radical (unpaired) electrons. The third kappa shape index (κ3) is 5.10. The summed E-state index contributed by atoms with van der Waals surface area (Å²) >= 11 is 0. The Hall–Kier alpha value is -2.09. The molecule has 0 bridgehead atoms. The predicted octanol–water partition coefficient (Wildman–Crippen LogP) is 5.30. The van der Waals surface area contributed by atoms with Crippen LogP contribution in [0.1, 0.15) is 71.4 Å². The van der Waals surface area contributed by atoms with E-state index in [4.69, 9.17) is 0 Å². The molecule has 8 heteroatoms. The van der Waals surface area contributed by atoms with Crippen LogP contribution >= 0.6 is 0 Å². The van der Waals surface area contributed by atoms with Gasteiger partial charge < -0.3 is 9.67 Å². The average Bonchev–Trinajstić information content (AvgIpc) is 2.78. The van der Waals surface area contributed by atoms with Crippen molar-refractivity contribution in [1.82, 2.24) is 9.55 Å². The van der Waals surface area contributed by atoms with E-state index < -0.39 is 29.5 Å². The molecule has 0 atom stereocenters. The lowest BCUT2D eigenvalue weighted by atomic mass is 9.85. The maximum Gasteiger partial charge on any atom is 0.389 e. The highest BCUT2D eigenvalue weighted by Crippen LogP contribution is 2.39. The summed E-state index contributed by atoms with van der Waals surface area (Å²) in [7, 11) is 0. The van der Waals surface area contributed by atoms with E-state index in [9.17, 15) is 23.1 Å². The fraction of sp³-hybridized carbons (Fsp3) is 0.619. The highest BCUT2D eigenvalue weighted by atomic mass is 19.4. The summed E-state index contributed by atoms with van der Waals surface area (Å²) in [6.07, 6.45) is -2.64. The fourth-order valence-corrected chi connectivity index (χ4v) is 3.78. The summed E-state index contributed by atoms with van der Waals surface area (Å²) in [5.41, 5.74) is -0.0129. The van der Waals surface area contributed by atoms with Gasteiger partial charge in [-0.3, -0.25) is 10.1 Å². The molecule has 0 saturated heterocycles. The van der Waals surface area contributed by atoms with Crippen LogP contribution in [0.15, 0.2) is 18.2 Å². The van der Waals surface area contributed by atoms with Crippen molar-refractivity contribution in [2.45, 2.75) is 77.6 Å². The van der Waals surface area contributed by atoms with Gasteiger partial charge in [0.15, 0.2) is 0 Å². The van der Waals surface area contributed by atoms with E-state index >= 15 is 0 Å². The molecule has 0 unspecified atom stereocenters. The van der Waals surface area contributed by atoms with Crippen molar-refractivity contribution in [2.24, 2.45) is 5.41 Å². The van der Waals surface area contributed by atoms with Crippen molar-refractivity contribution < 1.29 is 23.1 Å². The number of aromatic nitrogens is 2. The Morgan fingerprint density at radius 1 is 1.24 bits per heavy atom. The van der Waals surface area contributed by atoms with Crippen molar-refractivity contribution in [3.63, 3.8) is 0 Å². The van der Waals surface area contributed by atoms with E-state index in [1.165, 1.54) is 13.8 Å². The lowest BCUT2D eigenvalue weighted by molar-refractivity contribution is -0.156. The standard InChI is InChI=1S/C21H28F3N3O2/c1-19(2,12-21(22,23)24)11-17(28)26-18-25-15-9-8-13(20(3,4)29)10-16(15)27(18)14-6-5-7-14/h8-10,14,29H,5-7,11-12H2,1-4H3,(H,25,26,28). The normalized spacial score (nSPS) is 16.1. The van der Waals surface area contributed by atoms with Gasteiger partial charge in [0.05, 0.1) is 16.6 Å². The minimum absolute atomic E-state index is 0.176. The average molecular weight is 411 g/mol. The molecule has 5 nitrogen and oxygen atoms in total. The van der Waals surface area contributed by atoms with Gasteiger partial charge in [-0.05, 0) is 56.2 Å². The van der Waals surface area contributed by atoms with Crippen LogP contribution in [0.5, 0.6) is 0 Å². The Morgan fingerprint density at radius 2 is 1.90 bits per heavy atom. The number of amides is 1. The lowest BCUT2D eigenvalue weighted by Crippen LogP contribution is -2.29. The van der Waals surface area contributed by atoms with Gasteiger partial charge in [0.1, 0.15) is 0 Å². The van der Waals surface area contributed by atoms with Gasteiger partial charge in [0.25, 0.3) is 0 Å². The Morgan fingerprint density at radius 3 is 2.41 bits per heavy atom. The Balaban J connectivity index is 1.89. The lowest BCUT2D eigenvalue weighted by Gasteiger charge is -2.30. The molecule has 1 fully saturated rings. The van der Waals surface area contributed by atoms with Crippen molar-refractivity contribution in [3.8, 4) is 0 Å². The highest BCUT2D eigenvalue weighted by Gasteiger charge is 2.38. The molecular formula is C21H28F3N3O2. The van der Waals surface area contributed by atoms with Crippen LogP contribution in [0, 0.1) is 5.41 Å². The first kappa shape index (κ1) is 21.6. The van der Waals surface area contributed by atoms with Crippen LogP contribution in [0.25, 0.3) is 11.0 Å². The molecule has 3 rings (SSSR count). The number of aliphatic hydroxyl groups is 1. The van der Waals surface area contributed by atoms with Gasteiger partial charge in [-0.1, -0.05) is 19.9 Å². The van der Waals surface area contributed by atoms with E-state index in [1.807, 2.05) is 10.6 Å². The molecule has 29 heavy (non-hydrogen) atoms. The van der Waals surface area contributed by atoms with E-state index in [0.717, 1.165) is 30.3 Å². The second-order valence-electron chi connectivity index (χ2n) is 9.33. The molecule has 1 aromatic carbocycles. The maximum atomic E-state index is 12.8. The summed E-state index contributed by atoms with van der Waals surface area (Å²) in [6, 6.07) is 5.62. The first-order valence-corrected chi connectivity index (χ1v) is 9.87. The number of anilines is 1. The zero-order chi connectivity index (χ0) is 21.6. The molecule has 2 N–H and O–H groups in total. The van der Waals surface area contributed by atoms with Crippen molar-refractivity contribution in [2.75, 3.05) is 5.32 Å². The van der Waals surface area contributed by atoms with E-state index in [1.54, 1.807) is 26.0 Å². The minimum Gasteiger partial charge on any atom is -0.386 e. The topological polar surface area (TPSA) is 67.2 Å². The van der Waals surface area contributed by atoms with Gasteiger partial charge in [0.2, 0.25) is 11.9 Å². The summed E-state index contributed by atoms with van der Waals surface area (Å²) < 4.78 is 40.2. The highest BCUT2D eigenvalue weighted by molar-refractivity contribution is 5.92. The number of nitrogens with zero attached hydrogens (tertiary/aromatic N) is 2. The van der Waals surface area contributed by atoms with E-state index in [2.05, 4.69) is 10.3 Å². The number of benzene rings is 1. The number of nitrogens with one attached hydrogen (secondary N) is 1. The predicted molar refractivity (Wildman–Crippen MR) is 106 cm³/mol. The molecule has 1 saturated carbocycles. The van der Waals surface area contributed by atoms with E-state index in [-0.39, 0.29) is 12.5 Å². The van der Waals surface area contributed by atoms with Gasteiger partial charge in [-0.2, -0.15) is 13.2 Å². The van der Waals surface area contributed by atoms with Crippen LogP contribution in [0.3, 0.4) is 0 Å². The van der Waals surface area contributed by atoms with Gasteiger partial charge in [-0.15, -0.1) is 0 Å². The molecular weight excluding hydrogens is 383 g/mol. The number of hydrogen-bond acceptors (Lipinski definition) is 3. The summed E-state index contributed by atoms with van der Waals surface area (Å²) in [6.45, 7) is 6.27. The maximum absolute atomic E-state index is 12.8. The number of fused-ring (bicyclic) bond motifs is 1. The fourth-order valence-electron chi connectivity index (χ4n) is 3.78. The number of alkyl halides is 3. The zero-order valence-corrected chi connectivity index (χ0v) is 17.2. The Kier molecular flexibility index (Phi) is 5.45. The third-order valence-electron chi connectivity index (χ3n) is 5.41. The van der Waals surface area contributed by atoms with Crippen LogP contribution in [0.2, 0.25) is 0 Å². The van der Waals surface area contributed by atoms with Gasteiger partial charge in [0, 0.05) is 18.9 Å². The van der Waals surface area contributed by atoms with Crippen molar-refractivity contribution >= 4 is 22.9 Å². The van der Waals surface area contributed by atoms with Crippen LogP contribution < -0.4 is 5.32 Å². The molecule has 160 valence electrons. The molecule has 0 aliphatic heterocycles. The first-order valence-electron chi connectivity index (χ1n) is 9.87. The second-order valence-corrected chi connectivity index (χ2v) is 9.33. The van der Waals surface area contributed by atoms with Gasteiger partial charge in [-0.25, -0.2) is 4.98 Å². The molecule has 1 aromatic heterocycles. The zero-order valence-electron chi connectivity index (χ0n) is 17.2. The SMILES string of the molecule is CC(C)(CC(=O)Nc1nc2ccc(C(C)(C)O)cc2n1C1CCC1)CC(F)(F)F.